The van der Waals surface area contributed by atoms with Crippen LogP contribution in [0.15, 0.2) is 78.9 Å². The van der Waals surface area contributed by atoms with Crippen LogP contribution in [0.5, 0.6) is 5.75 Å². The molecule has 0 radical (unpaired) electrons. The van der Waals surface area contributed by atoms with Gasteiger partial charge in [0.1, 0.15) is 17.6 Å². The molecule has 3 rings (SSSR count). The standard InChI is InChI=1S/C28H31FN2O3/c1-20(2)30-28(33)26(17-21-10-5-4-6-11-21)31(19-22-12-9-14-24(16-22)34-3)27(32)18-23-13-7-8-15-25(23)29/h4-16,20,26H,17-19H2,1-3H3,(H,30,33). The number of rotatable bonds is 10. The minimum absolute atomic E-state index is 0.0916. The SMILES string of the molecule is COc1cccc(CN(C(=O)Cc2ccccc2F)C(Cc2ccccc2)C(=O)NC(C)C)c1. The molecule has 0 aliphatic heterocycles. The number of nitrogens with one attached hydrogen (secondary N) is 1. The highest BCUT2D eigenvalue weighted by atomic mass is 19.1. The van der Waals surface area contributed by atoms with Gasteiger partial charge in [0, 0.05) is 19.0 Å². The van der Waals surface area contributed by atoms with Crippen molar-refractivity contribution in [1.29, 1.82) is 0 Å². The zero-order valence-corrected chi connectivity index (χ0v) is 19.8. The van der Waals surface area contributed by atoms with Gasteiger partial charge in [-0.15, -0.1) is 0 Å². The summed E-state index contributed by atoms with van der Waals surface area (Å²) >= 11 is 0. The molecule has 0 saturated carbocycles. The lowest BCUT2D eigenvalue weighted by Crippen LogP contribution is -2.52. The maximum absolute atomic E-state index is 14.4. The molecule has 1 unspecified atom stereocenters. The average Bonchev–Trinajstić information content (AvgIpc) is 2.83. The normalized spacial score (nSPS) is 11.7. The number of hydrogen-bond acceptors (Lipinski definition) is 3. The Morgan fingerprint density at radius 2 is 1.62 bits per heavy atom. The van der Waals surface area contributed by atoms with E-state index >= 15 is 0 Å². The zero-order valence-electron chi connectivity index (χ0n) is 19.8. The van der Waals surface area contributed by atoms with Gasteiger partial charge in [0.15, 0.2) is 0 Å². The number of carbonyl (C=O) groups excluding carboxylic acids is 2. The van der Waals surface area contributed by atoms with Crippen LogP contribution in [0.2, 0.25) is 0 Å². The predicted molar refractivity (Wildman–Crippen MR) is 131 cm³/mol. The van der Waals surface area contributed by atoms with Crippen LogP contribution in [0, 0.1) is 5.82 Å². The summed E-state index contributed by atoms with van der Waals surface area (Å²) in [6.45, 7) is 3.95. The van der Waals surface area contributed by atoms with Crippen LogP contribution in [0.4, 0.5) is 4.39 Å². The second-order valence-electron chi connectivity index (χ2n) is 8.51. The molecule has 2 amide bonds. The molecule has 178 valence electrons. The molecule has 34 heavy (non-hydrogen) atoms. The maximum atomic E-state index is 14.4. The first-order valence-electron chi connectivity index (χ1n) is 11.4. The lowest BCUT2D eigenvalue weighted by Gasteiger charge is -2.32. The fourth-order valence-corrected chi connectivity index (χ4v) is 3.81. The van der Waals surface area contributed by atoms with E-state index in [0.717, 1.165) is 11.1 Å². The fourth-order valence-electron chi connectivity index (χ4n) is 3.81. The smallest absolute Gasteiger partial charge is 0.243 e. The lowest BCUT2D eigenvalue weighted by molar-refractivity contribution is -0.141. The van der Waals surface area contributed by atoms with Crippen LogP contribution < -0.4 is 10.1 Å². The third-order valence-corrected chi connectivity index (χ3v) is 5.49. The molecule has 0 spiro atoms. The van der Waals surface area contributed by atoms with Gasteiger partial charge in [0.05, 0.1) is 13.5 Å². The highest BCUT2D eigenvalue weighted by molar-refractivity contribution is 5.89. The molecule has 1 atom stereocenters. The Hall–Kier alpha value is -3.67. The largest absolute Gasteiger partial charge is 0.497 e. The fraction of sp³-hybridized carbons (Fsp3) is 0.286. The minimum atomic E-state index is -0.768. The van der Waals surface area contributed by atoms with Crippen molar-refractivity contribution in [2.45, 2.75) is 45.3 Å². The van der Waals surface area contributed by atoms with Crippen LogP contribution in [-0.4, -0.2) is 35.9 Å². The van der Waals surface area contributed by atoms with Crippen LogP contribution in [-0.2, 0) is 29.0 Å². The molecule has 0 bridgehead atoms. The molecule has 0 saturated heterocycles. The summed E-state index contributed by atoms with van der Waals surface area (Å²) in [4.78, 5) is 28.5. The lowest BCUT2D eigenvalue weighted by atomic mass is 10.0. The van der Waals surface area contributed by atoms with E-state index in [0.29, 0.717) is 17.7 Å². The Labute approximate surface area is 200 Å². The molecule has 6 heteroatoms. The quantitative estimate of drug-likeness (QED) is 0.481. The number of carbonyl (C=O) groups is 2. The third kappa shape index (κ3) is 6.91. The van der Waals surface area contributed by atoms with E-state index in [1.165, 1.54) is 6.07 Å². The van der Waals surface area contributed by atoms with E-state index in [1.807, 2.05) is 68.4 Å². The van der Waals surface area contributed by atoms with Gasteiger partial charge in [-0.05, 0) is 48.7 Å². The number of benzene rings is 3. The van der Waals surface area contributed by atoms with Gasteiger partial charge >= 0.3 is 0 Å². The van der Waals surface area contributed by atoms with Gasteiger partial charge in [-0.25, -0.2) is 4.39 Å². The second kappa shape index (κ2) is 12.0. The Balaban J connectivity index is 1.99. The third-order valence-electron chi connectivity index (χ3n) is 5.49. The summed E-state index contributed by atoms with van der Waals surface area (Å²) in [5, 5.41) is 2.95. The summed E-state index contributed by atoms with van der Waals surface area (Å²) in [7, 11) is 1.58. The highest BCUT2D eigenvalue weighted by Gasteiger charge is 2.31. The Morgan fingerprint density at radius 1 is 0.941 bits per heavy atom. The van der Waals surface area contributed by atoms with Gasteiger partial charge < -0.3 is 15.0 Å². The average molecular weight is 463 g/mol. The van der Waals surface area contributed by atoms with E-state index in [9.17, 15) is 14.0 Å². The molecule has 1 N–H and O–H groups in total. The maximum Gasteiger partial charge on any atom is 0.243 e. The van der Waals surface area contributed by atoms with Crippen LogP contribution in [0.25, 0.3) is 0 Å². The van der Waals surface area contributed by atoms with E-state index in [1.54, 1.807) is 30.2 Å². The van der Waals surface area contributed by atoms with Gasteiger partial charge in [-0.3, -0.25) is 9.59 Å². The van der Waals surface area contributed by atoms with Gasteiger partial charge in [-0.2, -0.15) is 0 Å². The van der Waals surface area contributed by atoms with E-state index in [4.69, 9.17) is 4.74 Å². The molecular weight excluding hydrogens is 431 g/mol. The van der Waals surface area contributed by atoms with Crippen LogP contribution in [0.3, 0.4) is 0 Å². The molecule has 0 aliphatic rings. The predicted octanol–water partition coefficient (Wildman–Crippen LogP) is 4.54. The highest BCUT2D eigenvalue weighted by Crippen LogP contribution is 2.20. The van der Waals surface area contributed by atoms with Crippen molar-refractivity contribution >= 4 is 11.8 Å². The molecule has 0 aromatic heterocycles. The van der Waals surface area contributed by atoms with Crippen molar-refractivity contribution < 1.29 is 18.7 Å². The summed E-state index contributed by atoms with van der Waals surface area (Å²) in [5.41, 5.74) is 2.04. The number of ether oxygens (including phenoxy) is 1. The van der Waals surface area contributed by atoms with Crippen molar-refractivity contribution in [1.82, 2.24) is 10.2 Å². The minimum Gasteiger partial charge on any atom is -0.497 e. The molecule has 5 nitrogen and oxygen atoms in total. The van der Waals surface area contributed by atoms with Crippen LogP contribution in [0.1, 0.15) is 30.5 Å². The molecule has 3 aromatic carbocycles. The summed E-state index contributed by atoms with van der Waals surface area (Å²) in [6.07, 6.45) is 0.198. The van der Waals surface area contributed by atoms with Crippen molar-refractivity contribution in [2.75, 3.05) is 7.11 Å². The summed E-state index contributed by atoms with van der Waals surface area (Å²) in [6, 6.07) is 22.3. The first kappa shape index (κ1) is 25.0. The first-order valence-corrected chi connectivity index (χ1v) is 11.4. The zero-order chi connectivity index (χ0) is 24.5. The number of methoxy groups -OCH3 is 1. The number of nitrogens with zero attached hydrogens (tertiary/aromatic N) is 1. The van der Waals surface area contributed by atoms with Crippen molar-refractivity contribution in [3.05, 3.63) is 101 Å². The molecule has 0 fully saturated rings. The summed E-state index contributed by atoms with van der Waals surface area (Å²) < 4.78 is 19.7. The van der Waals surface area contributed by atoms with E-state index in [2.05, 4.69) is 5.32 Å². The number of amides is 2. The van der Waals surface area contributed by atoms with Gasteiger partial charge in [0.2, 0.25) is 11.8 Å². The van der Waals surface area contributed by atoms with Crippen molar-refractivity contribution in [2.24, 2.45) is 0 Å². The van der Waals surface area contributed by atoms with Crippen LogP contribution >= 0.6 is 0 Å². The Morgan fingerprint density at radius 3 is 2.29 bits per heavy atom. The monoisotopic (exact) mass is 462 g/mol. The van der Waals surface area contributed by atoms with Gasteiger partial charge in [-0.1, -0.05) is 60.7 Å². The van der Waals surface area contributed by atoms with Gasteiger partial charge in [0.25, 0.3) is 0 Å². The number of hydrogen-bond donors (Lipinski definition) is 1. The Kier molecular flexibility index (Phi) is 8.79. The topological polar surface area (TPSA) is 58.6 Å². The van der Waals surface area contributed by atoms with E-state index in [-0.39, 0.29) is 30.8 Å². The first-order chi connectivity index (χ1) is 16.4. The van der Waals surface area contributed by atoms with Crippen molar-refractivity contribution in [3.63, 3.8) is 0 Å². The van der Waals surface area contributed by atoms with Crippen molar-refractivity contribution in [3.8, 4) is 5.75 Å². The summed E-state index contributed by atoms with van der Waals surface area (Å²) in [5.74, 6) is -0.356. The second-order valence-corrected chi connectivity index (χ2v) is 8.51. The Bertz CT molecular complexity index is 1100. The van der Waals surface area contributed by atoms with E-state index < -0.39 is 11.9 Å². The molecule has 0 aliphatic carbocycles. The molecule has 0 heterocycles. The molecular formula is C28H31FN2O3. The molecule has 3 aromatic rings. The number of halogens is 1.